The van der Waals surface area contributed by atoms with Gasteiger partial charge in [0.2, 0.25) is 0 Å². The Morgan fingerprint density at radius 1 is 1.30 bits per heavy atom. The van der Waals surface area contributed by atoms with Crippen LogP contribution in [0.2, 0.25) is 0 Å². The lowest BCUT2D eigenvalue weighted by atomic mass is 10.1. The summed E-state index contributed by atoms with van der Waals surface area (Å²) in [7, 11) is 0. The van der Waals surface area contributed by atoms with Crippen LogP contribution in [0.25, 0.3) is 0 Å². The topological polar surface area (TPSA) is 52.6 Å². The van der Waals surface area contributed by atoms with Gasteiger partial charge in [0, 0.05) is 28.3 Å². The fourth-order valence-corrected chi connectivity index (χ4v) is 3.47. The van der Waals surface area contributed by atoms with Crippen LogP contribution in [0.1, 0.15) is 37.4 Å². The molecule has 0 radical (unpaired) electrons. The molecule has 1 aromatic rings. The molecule has 3 aliphatic rings. The monoisotopic (exact) mass is 336 g/mol. The van der Waals surface area contributed by atoms with E-state index in [4.69, 9.17) is 0 Å². The molecule has 106 valence electrons. The van der Waals surface area contributed by atoms with Crippen LogP contribution in [0.3, 0.4) is 0 Å². The second kappa shape index (κ2) is 4.46. The van der Waals surface area contributed by atoms with Crippen molar-refractivity contribution in [3.63, 3.8) is 0 Å². The average Bonchev–Trinajstić information content (AvgIpc) is 3.30. The number of amides is 1. The first-order chi connectivity index (χ1) is 9.63. The van der Waals surface area contributed by atoms with Crippen molar-refractivity contribution in [3.8, 4) is 0 Å². The number of halogens is 1. The maximum atomic E-state index is 11.6. The number of carbonyl (C=O) groups is 1. The number of anilines is 2. The minimum Gasteiger partial charge on any atom is -0.378 e. The molecule has 2 N–H and O–H groups in total. The normalized spacial score (nSPS) is 24.5. The van der Waals surface area contributed by atoms with Crippen LogP contribution in [0.5, 0.6) is 0 Å². The highest BCUT2D eigenvalue weighted by atomic mass is 79.9. The third-order valence-corrected chi connectivity index (χ3v) is 5.00. The predicted molar refractivity (Wildman–Crippen MR) is 80.8 cm³/mol. The number of nitrogens with zero attached hydrogens (tertiary/aromatic N) is 1. The van der Waals surface area contributed by atoms with Gasteiger partial charge in [0.15, 0.2) is 6.10 Å². The fourth-order valence-electron chi connectivity index (χ4n) is 2.88. The van der Waals surface area contributed by atoms with Gasteiger partial charge in [-0.15, -0.1) is 0 Å². The van der Waals surface area contributed by atoms with Gasteiger partial charge < -0.3 is 15.3 Å². The molecule has 1 amide bonds. The Labute approximate surface area is 126 Å². The van der Waals surface area contributed by atoms with Gasteiger partial charge in [-0.1, -0.05) is 0 Å². The smallest absolute Gasteiger partial charge is 0.257 e. The molecule has 0 spiro atoms. The number of benzene rings is 1. The van der Waals surface area contributed by atoms with Crippen molar-refractivity contribution in [2.24, 2.45) is 5.92 Å². The van der Waals surface area contributed by atoms with Crippen molar-refractivity contribution in [1.29, 1.82) is 0 Å². The molecule has 1 heterocycles. The Balaban J connectivity index is 1.70. The Bertz CT molecular complexity index is 581. The highest BCUT2D eigenvalue weighted by Crippen LogP contribution is 2.44. The molecule has 2 aliphatic carbocycles. The number of aliphatic hydroxyl groups excluding tert-OH is 1. The van der Waals surface area contributed by atoms with Gasteiger partial charge in [-0.3, -0.25) is 4.79 Å². The van der Waals surface area contributed by atoms with E-state index in [2.05, 4.69) is 26.1 Å². The summed E-state index contributed by atoms with van der Waals surface area (Å²) in [6.07, 6.45) is 4.15. The Morgan fingerprint density at radius 2 is 2.05 bits per heavy atom. The number of hydrogen-bond acceptors (Lipinski definition) is 3. The predicted octanol–water partition coefficient (Wildman–Crippen LogP) is 2.81. The first kappa shape index (κ1) is 12.7. The summed E-state index contributed by atoms with van der Waals surface area (Å²) in [6, 6.07) is 4.54. The minimum absolute atomic E-state index is 0.329. The maximum Gasteiger partial charge on any atom is 0.257 e. The SMILES string of the molecule is O=C1Nc2cc(N(CC3CC3)C3CC3)c(Br)cc2C1O. The summed E-state index contributed by atoms with van der Waals surface area (Å²) < 4.78 is 0.972. The molecule has 2 fully saturated rings. The first-order valence-corrected chi connectivity index (χ1v) is 8.02. The summed E-state index contributed by atoms with van der Waals surface area (Å²) in [5.74, 6) is 0.500. The summed E-state index contributed by atoms with van der Waals surface area (Å²) in [5, 5.41) is 12.6. The highest BCUT2D eigenvalue weighted by molar-refractivity contribution is 9.10. The van der Waals surface area contributed by atoms with Crippen molar-refractivity contribution >= 4 is 33.2 Å². The number of aliphatic hydroxyl groups is 1. The lowest BCUT2D eigenvalue weighted by molar-refractivity contribution is -0.123. The molecule has 1 aliphatic heterocycles. The summed E-state index contributed by atoms with van der Waals surface area (Å²) in [6.45, 7) is 1.11. The fraction of sp³-hybridized carbons (Fsp3) is 0.533. The zero-order valence-corrected chi connectivity index (χ0v) is 12.7. The van der Waals surface area contributed by atoms with E-state index in [9.17, 15) is 9.90 Å². The lowest BCUT2D eigenvalue weighted by Gasteiger charge is -2.26. The number of nitrogens with one attached hydrogen (secondary N) is 1. The number of hydrogen-bond donors (Lipinski definition) is 2. The molecule has 2 saturated carbocycles. The maximum absolute atomic E-state index is 11.6. The van der Waals surface area contributed by atoms with Crippen LogP contribution in [-0.2, 0) is 4.79 Å². The molecule has 4 rings (SSSR count). The van der Waals surface area contributed by atoms with Gasteiger partial charge in [-0.2, -0.15) is 0 Å². The van der Waals surface area contributed by atoms with Gasteiger partial charge in [0.05, 0.1) is 5.69 Å². The van der Waals surface area contributed by atoms with E-state index in [1.807, 2.05) is 12.1 Å². The molecule has 0 aromatic heterocycles. The Kier molecular flexibility index (Phi) is 2.82. The van der Waals surface area contributed by atoms with Gasteiger partial charge >= 0.3 is 0 Å². The van der Waals surface area contributed by atoms with Crippen LogP contribution >= 0.6 is 15.9 Å². The van der Waals surface area contributed by atoms with Crippen molar-refractivity contribution in [1.82, 2.24) is 0 Å². The molecule has 5 heteroatoms. The van der Waals surface area contributed by atoms with Gasteiger partial charge in [-0.05, 0) is 59.7 Å². The van der Waals surface area contributed by atoms with Crippen LogP contribution in [0.4, 0.5) is 11.4 Å². The quantitative estimate of drug-likeness (QED) is 0.888. The number of carbonyl (C=O) groups excluding carboxylic acids is 1. The molecule has 20 heavy (non-hydrogen) atoms. The van der Waals surface area contributed by atoms with E-state index in [-0.39, 0.29) is 5.91 Å². The Hall–Kier alpha value is -1.07. The van der Waals surface area contributed by atoms with Crippen molar-refractivity contribution < 1.29 is 9.90 Å². The van der Waals surface area contributed by atoms with Gasteiger partial charge in [-0.25, -0.2) is 0 Å². The van der Waals surface area contributed by atoms with E-state index in [1.165, 1.54) is 25.7 Å². The summed E-state index contributed by atoms with van der Waals surface area (Å²) in [4.78, 5) is 14.0. The van der Waals surface area contributed by atoms with Crippen molar-refractivity contribution in [3.05, 3.63) is 22.2 Å². The van der Waals surface area contributed by atoms with E-state index >= 15 is 0 Å². The number of rotatable bonds is 4. The second-order valence-electron chi connectivity index (χ2n) is 6.11. The number of fused-ring (bicyclic) bond motifs is 1. The van der Waals surface area contributed by atoms with Crippen molar-refractivity contribution in [2.75, 3.05) is 16.8 Å². The van der Waals surface area contributed by atoms with E-state index < -0.39 is 6.10 Å². The third kappa shape index (κ3) is 2.13. The van der Waals surface area contributed by atoms with Crippen LogP contribution in [0.15, 0.2) is 16.6 Å². The molecule has 1 atom stereocenters. The summed E-state index contributed by atoms with van der Waals surface area (Å²) >= 11 is 3.61. The highest BCUT2D eigenvalue weighted by Gasteiger charge is 2.36. The standard InChI is InChI=1S/C15H17BrN2O2/c16-11-5-10-12(17-15(20)14(10)19)6-13(11)18(9-3-4-9)7-8-1-2-8/h5-6,8-9,14,19H,1-4,7H2,(H,17,20). The van der Waals surface area contributed by atoms with Crippen molar-refractivity contribution in [2.45, 2.75) is 37.8 Å². The zero-order valence-electron chi connectivity index (χ0n) is 11.1. The molecule has 0 bridgehead atoms. The largest absolute Gasteiger partial charge is 0.378 e. The molecule has 0 saturated heterocycles. The Morgan fingerprint density at radius 3 is 2.70 bits per heavy atom. The molecule has 1 unspecified atom stereocenters. The third-order valence-electron chi connectivity index (χ3n) is 4.37. The summed E-state index contributed by atoms with van der Waals surface area (Å²) in [5.41, 5.74) is 2.57. The first-order valence-electron chi connectivity index (χ1n) is 7.22. The van der Waals surface area contributed by atoms with Gasteiger partial charge in [0.1, 0.15) is 0 Å². The molecule has 4 nitrogen and oxygen atoms in total. The minimum atomic E-state index is -1.03. The second-order valence-corrected chi connectivity index (χ2v) is 6.96. The molecular formula is C15H17BrN2O2. The lowest BCUT2D eigenvalue weighted by Crippen LogP contribution is -2.28. The van der Waals surface area contributed by atoms with Crippen LogP contribution < -0.4 is 10.2 Å². The zero-order chi connectivity index (χ0) is 13.9. The molecule has 1 aromatic carbocycles. The average molecular weight is 337 g/mol. The van der Waals surface area contributed by atoms with E-state index in [1.54, 1.807) is 0 Å². The van der Waals surface area contributed by atoms with Crippen LogP contribution in [0, 0.1) is 5.92 Å². The van der Waals surface area contributed by atoms with E-state index in [0.29, 0.717) is 11.6 Å². The van der Waals surface area contributed by atoms with Gasteiger partial charge in [0.25, 0.3) is 5.91 Å². The van der Waals surface area contributed by atoms with Crippen LogP contribution in [-0.4, -0.2) is 23.6 Å². The molecular weight excluding hydrogens is 320 g/mol. The van der Waals surface area contributed by atoms with E-state index in [0.717, 1.165) is 28.3 Å².